The van der Waals surface area contributed by atoms with Crippen molar-refractivity contribution >= 4 is 11.3 Å². The molecule has 0 aliphatic carbocycles. The van der Waals surface area contributed by atoms with Crippen LogP contribution < -0.4 is 5.73 Å². The van der Waals surface area contributed by atoms with Crippen LogP contribution in [0.15, 0.2) is 6.07 Å². The molecule has 1 aromatic rings. The Balaban J connectivity index is 2.54. The van der Waals surface area contributed by atoms with Gasteiger partial charge in [0.2, 0.25) is 0 Å². The van der Waals surface area contributed by atoms with Gasteiger partial charge in [0.15, 0.2) is 0 Å². The molecule has 0 bridgehead atoms. The minimum Gasteiger partial charge on any atom is -0.323 e. The van der Waals surface area contributed by atoms with Crippen LogP contribution in [0.2, 0.25) is 0 Å². The number of aryl methyl sites for hydroxylation is 2. The van der Waals surface area contributed by atoms with Crippen LogP contribution >= 0.6 is 11.3 Å². The second-order valence-electron chi connectivity index (χ2n) is 5.15. The normalized spacial score (nSPS) is 14.9. The molecule has 2 unspecified atom stereocenters. The smallest absolute Gasteiger partial charge is 0.0392 e. The van der Waals surface area contributed by atoms with Gasteiger partial charge in [0.1, 0.15) is 0 Å². The number of rotatable bonds is 7. The Bertz CT molecular complexity index is 310. The van der Waals surface area contributed by atoms with Crippen LogP contribution in [0.4, 0.5) is 0 Å². The molecule has 2 heteroatoms. The SMILES string of the molecule is CCCCC(CC)CC(N)c1cc(C)c(C)s1. The van der Waals surface area contributed by atoms with E-state index in [0.717, 1.165) is 12.3 Å². The summed E-state index contributed by atoms with van der Waals surface area (Å²) >= 11 is 1.87. The van der Waals surface area contributed by atoms with Gasteiger partial charge in [0.05, 0.1) is 0 Å². The van der Waals surface area contributed by atoms with Crippen molar-refractivity contribution in [3.8, 4) is 0 Å². The van der Waals surface area contributed by atoms with Crippen molar-refractivity contribution in [2.24, 2.45) is 11.7 Å². The molecule has 1 rings (SSSR count). The maximum atomic E-state index is 6.34. The standard InChI is InChI=1S/C15H27NS/c1-5-7-8-13(6-2)10-14(16)15-9-11(3)12(4)17-15/h9,13-14H,5-8,10,16H2,1-4H3. The van der Waals surface area contributed by atoms with E-state index in [2.05, 4.69) is 33.8 Å². The molecule has 0 amide bonds. The highest BCUT2D eigenvalue weighted by molar-refractivity contribution is 7.12. The van der Waals surface area contributed by atoms with Crippen LogP contribution in [0.3, 0.4) is 0 Å². The summed E-state index contributed by atoms with van der Waals surface area (Å²) < 4.78 is 0. The van der Waals surface area contributed by atoms with E-state index in [4.69, 9.17) is 5.73 Å². The molecule has 0 aliphatic heterocycles. The first-order valence-corrected chi connectivity index (χ1v) is 7.72. The summed E-state index contributed by atoms with van der Waals surface area (Å²) in [6, 6.07) is 2.52. The zero-order valence-electron chi connectivity index (χ0n) is 11.8. The average Bonchev–Trinajstić information content (AvgIpc) is 2.65. The minimum atomic E-state index is 0.245. The van der Waals surface area contributed by atoms with Gasteiger partial charge >= 0.3 is 0 Å². The molecule has 2 atom stereocenters. The molecule has 1 heterocycles. The van der Waals surface area contributed by atoms with Crippen LogP contribution in [-0.2, 0) is 0 Å². The highest BCUT2D eigenvalue weighted by Gasteiger charge is 2.15. The second-order valence-corrected chi connectivity index (χ2v) is 6.43. The van der Waals surface area contributed by atoms with E-state index in [1.807, 2.05) is 11.3 Å². The first kappa shape index (κ1) is 14.7. The second kappa shape index (κ2) is 7.17. The molecule has 0 aromatic carbocycles. The fourth-order valence-electron chi connectivity index (χ4n) is 2.24. The number of unbranched alkanes of at least 4 members (excludes halogenated alkanes) is 1. The van der Waals surface area contributed by atoms with Gasteiger partial charge in [-0.25, -0.2) is 0 Å². The molecule has 0 fully saturated rings. The third-order valence-electron chi connectivity index (χ3n) is 3.68. The average molecular weight is 253 g/mol. The van der Waals surface area contributed by atoms with Crippen molar-refractivity contribution in [3.05, 3.63) is 21.4 Å². The molecule has 1 nitrogen and oxygen atoms in total. The Hall–Kier alpha value is -0.340. The Morgan fingerprint density at radius 2 is 2.00 bits per heavy atom. The zero-order valence-corrected chi connectivity index (χ0v) is 12.6. The van der Waals surface area contributed by atoms with Crippen molar-refractivity contribution in [1.82, 2.24) is 0 Å². The van der Waals surface area contributed by atoms with E-state index < -0.39 is 0 Å². The predicted octanol–water partition coefficient (Wildman–Crippen LogP) is 4.97. The highest BCUT2D eigenvalue weighted by atomic mass is 32.1. The maximum absolute atomic E-state index is 6.34. The van der Waals surface area contributed by atoms with E-state index >= 15 is 0 Å². The van der Waals surface area contributed by atoms with Gasteiger partial charge in [-0.3, -0.25) is 0 Å². The molecule has 98 valence electrons. The number of nitrogens with two attached hydrogens (primary N) is 1. The summed E-state index contributed by atoms with van der Waals surface area (Å²) in [6.45, 7) is 8.91. The molecule has 0 saturated heterocycles. The van der Waals surface area contributed by atoms with Gasteiger partial charge in [0.25, 0.3) is 0 Å². The summed E-state index contributed by atoms with van der Waals surface area (Å²) in [6.07, 6.45) is 6.38. The minimum absolute atomic E-state index is 0.245. The van der Waals surface area contributed by atoms with Crippen LogP contribution in [0.5, 0.6) is 0 Å². The fraction of sp³-hybridized carbons (Fsp3) is 0.733. The summed E-state index contributed by atoms with van der Waals surface area (Å²) in [5.74, 6) is 0.799. The van der Waals surface area contributed by atoms with Gasteiger partial charge in [-0.2, -0.15) is 0 Å². The molecule has 0 aliphatic rings. The number of hydrogen-bond acceptors (Lipinski definition) is 2. The number of hydrogen-bond donors (Lipinski definition) is 1. The summed E-state index contributed by atoms with van der Waals surface area (Å²) in [5, 5.41) is 0. The van der Waals surface area contributed by atoms with Gasteiger partial charge < -0.3 is 5.73 Å². The van der Waals surface area contributed by atoms with Gasteiger partial charge in [-0.05, 0) is 37.8 Å². The molecule has 0 spiro atoms. The molecule has 17 heavy (non-hydrogen) atoms. The zero-order chi connectivity index (χ0) is 12.8. The van der Waals surface area contributed by atoms with Gasteiger partial charge in [-0.15, -0.1) is 11.3 Å². The van der Waals surface area contributed by atoms with E-state index in [9.17, 15) is 0 Å². The van der Waals surface area contributed by atoms with Crippen LogP contribution in [0.25, 0.3) is 0 Å². The summed E-state index contributed by atoms with van der Waals surface area (Å²) in [5.41, 5.74) is 7.73. The lowest BCUT2D eigenvalue weighted by Crippen LogP contribution is -2.14. The fourth-order valence-corrected chi connectivity index (χ4v) is 3.30. The van der Waals surface area contributed by atoms with E-state index in [1.165, 1.54) is 41.0 Å². The van der Waals surface area contributed by atoms with Crippen molar-refractivity contribution in [1.29, 1.82) is 0 Å². The van der Waals surface area contributed by atoms with Crippen molar-refractivity contribution in [3.63, 3.8) is 0 Å². The lowest BCUT2D eigenvalue weighted by molar-refractivity contribution is 0.390. The first-order valence-electron chi connectivity index (χ1n) is 6.90. The van der Waals surface area contributed by atoms with Crippen molar-refractivity contribution in [2.45, 2.75) is 65.8 Å². The third-order valence-corrected chi connectivity index (χ3v) is 4.97. The summed E-state index contributed by atoms with van der Waals surface area (Å²) in [4.78, 5) is 2.78. The monoisotopic (exact) mass is 253 g/mol. The van der Waals surface area contributed by atoms with Gasteiger partial charge in [-0.1, -0.05) is 39.5 Å². The van der Waals surface area contributed by atoms with E-state index in [1.54, 1.807) is 0 Å². The lowest BCUT2D eigenvalue weighted by Gasteiger charge is -2.18. The van der Waals surface area contributed by atoms with Crippen molar-refractivity contribution in [2.75, 3.05) is 0 Å². The lowest BCUT2D eigenvalue weighted by atomic mass is 9.92. The highest BCUT2D eigenvalue weighted by Crippen LogP contribution is 2.30. The van der Waals surface area contributed by atoms with Gasteiger partial charge in [0, 0.05) is 15.8 Å². The largest absolute Gasteiger partial charge is 0.323 e. The molecule has 0 saturated carbocycles. The molecular weight excluding hydrogens is 226 g/mol. The molecule has 0 radical (unpaired) electrons. The predicted molar refractivity (Wildman–Crippen MR) is 78.6 cm³/mol. The Morgan fingerprint density at radius 3 is 2.47 bits per heavy atom. The Kier molecular flexibility index (Phi) is 6.21. The summed E-state index contributed by atoms with van der Waals surface area (Å²) in [7, 11) is 0. The molecule has 1 aromatic heterocycles. The quantitative estimate of drug-likeness (QED) is 0.729. The van der Waals surface area contributed by atoms with Crippen LogP contribution in [0.1, 0.15) is 67.3 Å². The first-order chi connectivity index (χ1) is 8.08. The van der Waals surface area contributed by atoms with E-state index in [-0.39, 0.29) is 6.04 Å². The Morgan fingerprint density at radius 1 is 1.29 bits per heavy atom. The van der Waals surface area contributed by atoms with Crippen LogP contribution in [-0.4, -0.2) is 0 Å². The van der Waals surface area contributed by atoms with Crippen molar-refractivity contribution < 1.29 is 0 Å². The third kappa shape index (κ3) is 4.44. The van der Waals surface area contributed by atoms with Crippen LogP contribution in [0, 0.1) is 19.8 Å². The number of thiophene rings is 1. The topological polar surface area (TPSA) is 26.0 Å². The molecular formula is C15H27NS. The maximum Gasteiger partial charge on any atom is 0.0392 e. The Labute approximate surface area is 110 Å². The van der Waals surface area contributed by atoms with E-state index in [0.29, 0.717) is 0 Å². The molecule has 2 N–H and O–H groups in total.